The number of ether oxygens (including phenoxy) is 2. The third kappa shape index (κ3) is 13.0. The number of sulfone groups is 1. The first-order valence-electron chi connectivity index (χ1n) is 11.0. The van der Waals surface area contributed by atoms with E-state index in [-0.39, 0.29) is 49.6 Å². The summed E-state index contributed by atoms with van der Waals surface area (Å²) in [4.78, 5) is 25.6. The van der Waals surface area contributed by atoms with Crippen molar-refractivity contribution >= 4 is 34.1 Å². The smallest absolute Gasteiger partial charge is 0.328 e. The van der Waals surface area contributed by atoms with Gasteiger partial charge in [-0.3, -0.25) is 4.79 Å². The fourth-order valence-corrected chi connectivity index (χ4v) is 3.57. The van der Waals surface area contributed by atoms with Crippen LogP contribution in [0.4, 0.5) is 0 Å². The quantitative estimate of drug-likeness (QED) is 0.371. The van der Waals surface area contributed by atoms with E-state index in [1.165, 1.54) is 0 Å². The summed E-state index contributed by atoms with van der Waals surface area (Å²) in [6.45, 7) is 7.61. The first-order valence-corrected chi connectivity index (χ1v) is 13.1. The van der Waals surface area contributed by atoms with Gasteiger partial charge in [0.2, 0.25) is 5.91 Å². The van der Waals surface area contributed by atoms with E-state index in [0.717, 1.165) is 18.2 Å². The van der Waals surface area contributed by atoms with Crippen molar-refractivity contribution in [3.8, 4) is 0 Å². The topological polar surface area (TPSA) is 125 Å². The number of amides is 1. The van der Waals surface area contributed by atoms with Gasteiger partial charge in [0.15, 0.2) is 0 Å². The molecule has 0 radical (unpaired) electrons. The first kappa shape index (κ1) is 31.3. The minimum atomic E-state index is -3.33. The van der Waals surface area contributed by atoms with Crippen molar-refractivity contribution in [2.45, 2.75) is 71.2 Å². The molecule has 0 fully saturated rings. The molecule has 1 rings (SSSR count). The molecule has 3 N–H and O–H groups in total. The van der Waals surface area contributed by atoms with Gasteiger partial charge in [-0.05, 0) is 31.7 Å². The van der Waals surface area contributed by atoms with Crippen molar-refractivity contribution in [1.29, 1.82) is 0 Å². The third-order valence-corrected chi connectivity index (χ3v) is 6.13. The van der Waals surface area contributed by atoms with Gasteiger partial charge in [0, 0.05) is 18.7 Å². The molecule has 0 saturated heterocycles. The zero-order chi connectivity index (χ0) is 24.3. The minimum absolute atomic E-state index is 0. The maximum atomic E-state index is 13.1. The van der Waals surface area contributed by atoms with E-state index in [4.69, 9.17) is 15.2 Å². The highest BCUT2D eigenvalue weighted by Gasteiger charge is 2.29. The van der Waals surface area contributed by atoms with Crippen LogP contribution in [0.25, 0.3) is 0 Å². The van der Waals surface area contributed by atoms with E-state index in [1.54, 1.807) is 13.8 Å². The highest BCUT2D eigenvalue weighted by Crippen LogP contribution is 2.12. The number of hydrogen-bond acceptors (Lipinski definition) is 7. The van der Waals surface area contributed by atoms with E-state index in [2.05, 4.69) is 5.32 Å². The third-order valence-electron chi connectivity index (χ3n) is 5.15. The zero-order valence-corrected chi connectivity index (χ0v) is 21.8. The van der Waals surface area contributed by atoms with E-state index in [9.17, 15) is 18.0 Å². The molecular weight excluding hydrogens is 468 g/mol. The van der Waals surface area contributed by atoms with Gasteiger partial charge >= 0.3 is 5.97 Å². The van der Waals surface area contributed by atoms with Gasteiger partial charge in [0.1, 0.15) is 22.0 Å². The van der Waals surface area contributed by atoms with Gasteiger partial charge in [-0.15, -0.1) is 12.4 Å². The Kier molecular flexibility index (Phi) is 14.5. The van der Waals surface area contributed by atoms with Crippen molar-refractivity contribution < 1.29 is 27.5 Å². The molecule has 3 unspecified atom stereocenters. The number of hydrogen-bond donors (Lipinski definition) is 2. The molecule has 4 atom stereocenters. The van der Waals surface area contributed by atoms with Crippen LogP contribution >= 0.6 is 12.4 Å². The molecule has 1 amide bonds. The van der Waals surface area contributed by atoms with E-state index < -0.39 is 40.0 Å². The summed E-state index contributed by atoms with van der Waals surface area (Å²) in [6, 6.07) is 8.04. The standard InChI is InChI=1S/C23H38N2O6S.ClH/c1-6-17(4)19(24)15-30-21(14-18-10-8-7-9-11-18)22(26)25-20(12-13-32(5,28)29)23(27)31-16(2)3;/h7-11,16-17,19-21H,6,12-15,24H2,1-5H3,(H,25,26);1H/t17-,19?,20?,21?;/m0./s1. The van der Waals surface area contributed by atoms with Gasteiger partial charge in [-0.25, -0.2) is 13.2 Å². The van der Waals surface area contributed by atoms with Gasteiger partial charge in [0.25, 0.3) is 0 Å². The van der Waals surface area contributed by atoms with Crippen molar-refractivity contribution in [3.63, 3.8) is 0 Å². The molecule has 10 heteroatoms. The molecular formula is C23H39ClN2O6S. The average Bonchev–Trinajstić information content (AvgIpc) is 2.72. The first-order chi connectivity index (χ1) is 14.9. The van der Waals surface area contributed by atoms with Crippen molar-refractivity contribution in [2.75, 3.05) is 18.6 Å². The summed E-state index contributed by atoms with van der Waals surface area (Å²) in [5, 5.41) is 2.64. The molecule has 0 aliphatic carbocycles. The minimum Gasteiger partial charge on any atom is -0.461 e. The maximum Gasteiger partial charge on any atom is 0.328 e. The number of carbonyl (C=O) groups is 2. The molecule has 0 spiro atoms. The van der Waals surface area contributed by atoms with Crippen molar-refractivity contribution in [3.05, 3.63) is 35.9 Å². The molecule has 190 valence electrons. The predicted molar refractivity (Wildman–Crippen MR) is 132 cm³/mol. The molecule has 0 saturated carbocycles. The molecule has 0 aliphatic rings. The van der Waals surface area contributed by atoms with Crippen molar-refractivity contribution in [1.82, 2.24) is 5.32 Å². The maximum absolute atomic E-state index is 13.1. The molecule has 0 bridgehead atoms. The van der Waals surface area contributed by atoms with Gasteiger partial charge < -0.3 is 20.5 Å². The average molecular weight is 507 g/mol. The zero-order valence-electron chi connectivity index (χ0n) is 20.2. The molecule has 33 heavy (non-hydrogen) atoms. The van der Waals surface area contributed by atoms with Crippen LogP contribution in [0.5, 0.6) is 0 Å². The summed E-state index contributed by atoms with van der Waals surface area (Å²) >= 11 is 0. The molecule has 1 aromatic rings. The SMILES string of the molecule is CC[C@H](C)C(N)COC(Cc1ccccc1)C(=O)NC(CCS(C)(=O)=O)C(=O)OC(C)C.Cl. The summed E-state index contributed by atoms with van der Waals surface area (Å²) in [5.74, 6) is -1.22. The Bertz CT molecular complexity index is 820. The predicted octanol–water partition coefficient (Wildman–Crippen LogP) is 2.28. The molecule has 1 aromatic carbocycles. The van der Waals surface area contributed by atoms with Crippen LogP contribution in [0.3, 0.4) is 0 Å². The largest absolute Gasteiger partial charge is 0.461 e. The number of esters is 1. The monoisotopic (exact) mass is 506 g/mol. The molecule has 0 aromatic heterocycles. The highest BCUT2D eigenvalue weighted by atomic mass is 35.5. The lowest BCUT2D eigenvalue weighted by Gasteiger charge is -2.25. The van der Waals surface area contributed by atoms with E-state index >= 15 is 0 Å². The number of nitrogens with one attached hydrogen (secondary N) is 1. The fourth-order valence-electron chi connectivity index (χ4n) is 2.91. The Morgan fingerprint density at radius 1 is 1.12 bits per heavy atom. The lowest BCUT2D eigenvalue weighted by Crippen LogP contribution is -2.49. The number of halogens is 1. The summed E-state index contributed by atoms with van der Waals surface area (Å²) in [7, 11) is -3.33. The van der Waals surface area contributed by atoms with Crippen LogP contribution in [0, 0.1) is 5.92 Å². The summed E-state index contributed by atoms with van der Waals surface area (Å²) < 4.78 is 34.3. The number of rotatable bonds is 14. The molecule has 0 heterocycles. The second-order valence-electron chi connectivity index (χ2n) is 8.53. The second-order valence-corrected chi connectivity index (χ2v) is 10.8. The van der Waals surface area contributed by atoms with Crippen LogP contribution in [0.2, 0.25) is 0 Å². The number of nitrogens with two attached hydrogens (primary N) is 1. The van der Waals surface area contributed by atoms with Gasteiger partial charge in [0.05, 0.1) is 18.5 Å². The van der Waals surface area contributed by atoms with Gasteiger partial charge in [-0.2, -0.15) is 0 Å². The van der Waals surface area contributed by atoms with Gasteiger partial charge in [-0.1, -0.05) is 50.6 Å². The normalized spacial score (nSPS) is 15.1. The Morgan fingerprint density at radius 3 is 2.24 bits per heavy atom. The van der Waals surface area contributed by atoms with Crippen LogP contribution < -0.4 is 11.1 Å². The Hall–Kier alpha value is -1.68. The summed E-state index contributed by atoms with van der Waals surface area (Å²) in [5.41, 5.74) is 7.06. The highest BCUT2D eigenvalue weighted by molar-refractivity contribution is 7.90. The van der Waals surface area contributed by atoms with E-state index in [0.29, 0.717) is 0 Å². The molecule has 0 aliphatic heterocycles. The Morgan fingerprint density at radius 2 is 1.73 bits per heavy atom. The fraction of sp³-hybridized carbons (Fsp3) is 0.652. The summed E-state index contributed by atoms with van der Waals surface area (Å²) in [6.07, 6.45) is 0.884. The molecule has 8 nitrogen and oxygen atoms in total. The lowest BCUT2D eigenvalue weighted by atomic mass is 10.0. The Labute approximate surface area is 204 Å². The van der Waals surface area contributed by atoms with Crippen molar-refractivity contribution in [2.24, 2.45) is 11.7 Å². The van der Waals surface area contributed by atoms with Crippen LogP contribution in [-0.4, -0.2) is 63.2 Å². The van der Waals surface area contributed by atoms with Crippen LogP contribution in [0.1, 0.15) is 46.1 Å². The van der Waals surface area contributed by atoms with Crippen LogP contribution in [0.15, 0.2) is 30.3 Å². The van der Waals surface area contributed by atoms with Crippen LogP contribution in [-0.2, 0) is 35.3 Å². The second kappa shape index (κ2) is 15.3. The lowest BCUT2D eigenvalue weighted by molar-refractivity contribution is -0.152. The Balaban J connectivity index is 0.0000102. The number of benzene rings is 1. The van der Waals surface area contributed by atoms with E-state index in [1.807, 2.05) is 44.2 Å². The number of carbonyl (C=O) groups excluding carboxylic acids is 2.